The standard InChI is InChI=1S/C17H18ClN3O2/c1-11-7-20-15(8-19-11)17(22)21-9-16(23-10-12(21)2)13-4-3-5-14(18)6-13/h3-8,12,16H,9-10H2,1-2H3/t12-,16+/m0/s1. The molecule has 0 aliphatic carbocycles. The summed E-state index contributed by atoms with van der Waals surface area (Å²) in [5.74, 6) is -0.125. The third-order valence-electron chi connectivity index (χ3n) is 3.91. The smallest absolute Gasteiger partial charge is 0.274 e. The van der Waals surface area contributed by atoms with E-state index in [0.717, 1.165) is 11.3 Å². The van der Waals surface area contributed by atoms with Gasteiger partial charge in [0.1, 0.15) is 11.8 Å². The molecule has 1 aliphatic rings. The van der Waals surface area contributed by atoms with Crippen molar-refractivity contribution in [3.63, 3.8) is 0 Å². The lowest BCUT2D eigenvalue weighted by Crippen LogP contribution is -2.48. The Labute approximate surface area is 140 Å². The number of hydrogen-bond acceptors (Lipinski definition) is 4. The third kappa shape index (κ3) is 3.51. The number of hydrogen-bond donors (Lipinski definition) is 0. The fraction of sp³-hybridized carbons (Fsp3) is 0.353. The predicted octanol–water partition coefficient (Wildman–Crippen LogP) is 3.04. The number of carbonyl (C=O) groups excluding carboxylic acids is 1. The van der Waals surface area contributed by atoms with E-state index in [9.17, 15) is 4.79 Å². The first-order valence-corrected chi connectivity index (χ1v) is 7.89. The second-order valence-corrected chi connectivity index (χ2v) is 6.16. The van der Waals surface area contributed by atoms with Crippen molar-refractivity contribution in [1.29, 1.82) is 0 Å². The second-order valence-electron chi connectivity index (χ2n) is 5.73. The summed E-state index contributed by atoms with van der Waals surface area (Å²) in [7, 11) is 0. The molecule has 0 unspecified atom stereocenters. The molecule has 1 amide bonds. The monoisotopic (exact) mass is 331 g/mol. The van der Waals surface area contributed by atoms with Crippen LogP contribution in [0.3, 0.4) is 0 Å². The lowest BCUT2D eigenvalue weighted by molar-refractivity contribution is -0.0488. The van der Waals surface area contributed by atoms with Crippen LogP contribution >= 0.6 is 11.6 Å². The van der Waals surface area contributed by atoms with Crippen LogP contribution in [0.25, 0.3) is 0 Å². The summed E-state index contributed by atoms with van der Waals surface area (Å²) in [6.07, 6.45) is 2.94. The van der Waals surface area contributed by atoms with Gasteiger partial charge in [-0.3, -0.25) is 9.78 Å². The number of halogens is 1. The van der Waals surface area contributed by atoms with Gasteiger partial charge < -0.3 is 9.64 Å². The van der Waals surface area contributed by atoms with Crippen LogP contribution in [0.5, 0.6) is 0 Å². The van der Waals surface area contributed by atoms with Crippen LogP contribution in [0.2, 0.25) is 5.02 Å². The normalized spacial score (nSPS) is 21.3. The molecule has 2 aromatic rings. The summed E-state index contributed by atoms with van der Waals surface area (Å²) >= 11 is 6.05. The van der Waals surface area contributed by atoms with Gasteiger partial charge in [-0.05, 0) is 31.5 Å². The maximum Gasteiger partial charge on any atom is 0.274 e. The molecule has 2 heterocycles. The van der Waals surface area contributed by atoms with E-state index >= 15 is 0 Å². The Kier molecular flexibility index (Phi) is 4.59. The van der Waals surface area contributed by atoms with Gasteiger partial charge in [0.25, 0.3) is 5.91 Å². The zero-order chi connectivity index (χ0) is 16.4. The summed E-state index contributed by atoms with van der Waals surface area (Å²) in [6, 6.07) is 7.52. The van der Waals surface area contributed by atoms with E-state index in [2.05, 4.69) is 9.97 Å². The minimum absolute atomic E-state index is 0.0129. The Balaban J connectivity index is 1.80. The first kappa shape index (κ1) is 15.9. The summed E-state index contributed by atoms with van der Waals surface area (Å²) in [5, 5.41) is 0.659. The van der Waals surface area contributed by atoms with Gasteiger partial charge >= 0.3 is 0 Å². The number of carbonyl (C=O) groups is 1. The topological polar surface area (TPSA) is 55.3 Å². The van der Waals surface area contributed by atoms with Crippen molar-refractivity contribution in [2.24, 2.45) is 0 Å². The molecular formula is C17H18ClN3O2. The number of ether oxygens (including phenoxy) is 1. The average Bonchev–Trinajstić information content (AvgIpc) is 2.55. The van der Waals surface area contributed by atoms with Gasteiger partial charge in [0.2, 0.25) is 0 Å². The maximum atomic E-state index is 12.7. The lowest BCUT2D eigenvalue weighted by atomic mass is 10.1. The van der Waals surface area contributed by atoms with Gasteiger partial charge in [0, 0.05) is 11.2 Å². The van der Waals surface area contributed by atoms with Crippen LogP contribution in [0.4, 0.5) is 0 Å². The molecule has 6 heteroatoms. The van der Waals surface area contributed by atoms with E-state index in [-0.39, 0.29) is 18.1 Å². The van der Waals surface area contributed by atoms with Gasteiger partial charge in [0.15, 0.2) is 0 Å². The first-order chi connectivity index (χ1) is 11.0. The molecule has 0 N–H and O–H groups in total. The Morgan fingerprint density at radius 2 is 2.17 bits per heavy atom. The molecule has 1 fully saturated rings. The largest absolute Gasteiger partial charge is 0.370 e. The molecule has 0 bridgehead atoms. The SMILES string of the molecule is Cc1cnc(C(=O)N2C[C@H](c3cccc(Cl)c3)OC[C@@H]2C)cn1. The van der Waals surface area contributed by atoms with Gasteiger partial charge in [0.05, 0.1) is 31.1 Å². The van der Waals surface area contributed by atoms with Gasteiger partial charge in [-0.15, -0.1) is 0 Å². The highest BCUT2D eigenvalue weighted by molar-refractivity contribution is 6.30. The Morgan fingerprint density at radius 3 is 2.87 bits per heavy atom. The Hall–Kier alpha value is -1.98. The quantitative estimate of drug-likeness (QED) is 0.848. The van der Waals surface area contributed by atoms with E-state index < -0.39 is 0 Å². The molecule has 120 valence electrons. The van der Waals surface area contributed by atoms with Gasteiger partial charge in [-0.2, -0.15) is 0 Å². The summed E-state index contributed by atoms with van der Waals surface area (Å²) in [6.45, 7) is 4.75. The molecule has 0 saturated carbocycles. The number of aryl methyl sites for hydroxylation is 1. The molecule has 0 radical (unpaired) electrons. The summed E-state index contributed by atoms with van der Waals surface area (Å²) in [4.78, 5) is 22.8. The van der Waals surface area contributed by atoms with Crippen molar-refractivity contribution >= 4 is 17.5 Å². The molecule has 0 spiro atoms. The summed E-state index contributed by atoms with van der Waals surface area (Å²) < 4.78 is 5.88. The Bertz CT molecular complexity index is 705. The van der Waals surface area contributed by atoms with Crippen LogP contribution in [0, 0.1) is 6.92 Å². The number of nitrogens with zero attached hydrogens (tertiary/aromatic N) is 3. The number of morpholine rings is 1. The number of aromatic nitrogens is 2. The third-order valence-corrected chi connectivity index (χ3v) is 4.15. The molecule has 5 nitrogen and oxygen atoms in total. The predicted molar refractivity (Wildman–Crippen MR) is 87.4 cm³/mol. The molecule has 1 aromatic carbocycles. The number of benzene rings is 1. The van der Waals surface area contributed by atoms with Crippen LogP contribution in [-0.2, 0) is 4.74 Å². The van der Waals surface area contributed by atoms with Crippen molar-refractivity contribution in [3.05, 3.63) is 58.6 Å². The van der Waals surface area contributed by atoms with Crippen LogP contribution in [0.15, 0.2) is 36.7 Å². The van der Waals surface area contributed by atoms with E-state index in [4.69, 9.17) is 16.3 Å². The van der Waals surface area contributed by atoms with Crippen molar-refractivity contribution in [2.75, 3.05) is 13.2 Å². The van der Waals surface area contributed by atoms with Gasteiger partial charge in [-0.1, -0.05) is 23.7 Å². The van der Waals surface area contributed by atoms with E-state index in [1.807, 2.05) is 38.1 Å². The number of amides is 1. The van der Waals surface area contributed by atoms with Crippen molar-refractivity contribution in [3.8, 4) is 0 Å². The zero-order valence-corrected chi connectivity index (χ0v) is 13.8. The minimum Gasteiger partial charge on any atom is -0.370 e. The lowest BCUT2D eigenvalue weighted by Gasteiger charge is -2.38. The fourth-order valence-corrected chi connectivity index (χ4v) is 2.80. The molecule has 1 aromatic heterocycles. The van der Waals surface area contributed by atoms with E-state index in [1.165, 1.54) is 6.20 Å². The highest BCUT2D eigenvalue weighted by atomic mass is 35.5. The number of rotatable bonds is 2. The molecule has 1 aliphatic heterocycles. The fourth-order valence-electron chi connectivity index (χ4n) is 2.60. The highest BCUT2D eigenvalue weighted by Gasteiger charge is 2.31. The highest BCUT2D eigenvalue weighted by Crippen LogP contribution is 2.27. The molecule has 1 saturated heterocycles. The molecule has 3 rings (SSSR count). The van der Waals surface area contributed by atoms with Gasteiger partial charge in [-0.25, -0.2) is 4.98 Å². The average molecular weight is 332 g/mol. The van der Waals surface area contributed by atoms with Crippen LogP contribution in [-0.4, -0.2) is 40.0 Å². The van der Waals surface area contributed by atoms with Crippen molar-refractivity contribution in [2.45, 2.75) is 26.0 Å². The van der Waals surface area contributed by atoms with Crippen molar-refractivity contribution < 1.29 is 9.53 Å². The molecule has 2 atom stereocenters. The van der Waals surface area contributed by atoms with Crippen molar-refractivity contribution in [1.82, 2.24) is 14.9 Å². The zero-order valence-electron chi connectivity index (χ0n) is 13.1. The van der Waals surface area contributed by atoms with E-state index in [1.54, 1.807) is 11.1 Å². The molecule has 23 heavy (non-hydrogen) atoms. The minimum atomic E-state index is -0.188. The van der Waals surface area contributed by atoms with Crippen LogP contribution in [0.1, 0.15) is 34.8 Å². The summed E-state index contributed by atoms with van der Waals surface area (Å²) in [5.41, 5.74) is 2.11. The second kappa shape index (κ2) is 6.64. The van der Waals surface area contributed by atoms with Crippen LogP contribution < -0.4 is 0 Å². The first-order valence-electron chi connectivity index (χ1n) is 7.51. The molecular weight excluding hydrogens is 314 g/mol. The maximum absolute atomic E-state index is 12.7. The van der Waals surface area contributed by atoms with E-state index in [0.29, 0.717) is 23.9 Å². The Morgan fingerprint density at radius 1 is 1.35 bits per heavy atom.